The van der Waals surface area contributed by atoms with Gasteiger partial charge in [-0.1, -0.05) is 11.6 Å². The van der Waals surface area contributed by atoms with Gasteiger partial charge >= 0.3 is 5.97 Å². The summed E-state index contributed by atoms with van der Waals surface area (Å²) < 4.78 is 10.3. The Morgan fingerprint density at radius 3 is 2.52 bits per heavy atom. The van der Waals surface area contributed by atoms with Crippen LogP contribution < -0.4 is 4.74 Å². The number of ether oxygens (including phenoxy) is 2. The van der Waals surface area contributed by atoms with Crippen LogP contribution in [-0.2, 0) is 14.3 Å². The van der Waals surface area contributed by atoms with Gasteiger partial charge < -0.3 is 19.5 Å². The minimum absolute atomic E-state index is 0.0266. The van der Waals surface area contributed by atoms with Crippen LogP contribution in [0.3, 0.4) is 0 Å². The number of hydrogen-bond acceptors (Lipinski definition) is 5. The van der Waals surface area contributed by atoms with Crippen LogP contribution in [0.1, 0.15) is 19.8 Å². The Balaban J connectivity index is 2.49. The van der Waals surface area contributed by atoms with Crippen molar-refractivity contribution >= 4 is 23.5 Å². The average Bonchev–Trinajstić information content (AvgIpc) is 2.54. The van der Waals surface area contributed by atoms with E-state index in [1.165, 1.54) is 4.90 Å². The van der Waals surface area contributed by atoms with Crippen molar-refractivity contribution in [2.75, 3.05) is 32.9 Å². The fourth-order valence-electron chi connectivity index (χ4n) is 1.85. The molecule has 0 saturated heterocycles. The first kappa shape index (κ1) is 19.3. The van der Waals surface area contributed by atoms with Crippen LogP contribution in [0, 0.1) is 0 Å². The predicted octanol–water partition coefficient (Wildman–Crippen LogP) is 1.88. The number of esters is 1. The molecule has 0 aromatic heterocycles. The van der Waals surface area contributed by atoms with E-state index in [2.05, 4.69) is 0 Å². The number of carbonyl (C=O) groups is 2. The van der Waals surface area contributed by atoms with E-state index in [9.17, 15) is 9.59 Å². The first-order valence-corrected chi connectivity index (χ1v) is 7.87. The second kappa shape index (κ2) is 10.9. The van der Waals surface area contributed by atoms with Crippen LogP contribution >= 0.6 is 11.6 Å². The molecule has 0 spiro atoms. The largest absolute Gasteiger partial charge is 0.484 e. The summed E-state index contributed by atoms with van der Waals surface area (Å²) in [5, 5.41) is 9.50. The van der Waals surface area contributed by atoms with Crippen LogP contribution in [0.4, 0.5) is 0 Å². The van der Waals surface area contributed by atoms with Gasteiger partial charge in [-0.2, -0.15) is 0 Å². The van der Waals surface area contributed by atoms with Gasteiger partial charge in [-0.15, -0.1) is 0 Å². The van der Waals surface area contributed by atoms with E-state index in [1.54, 1.807) is 31.2 Å². The molecule has 0 unspecified atom stereocenters. The maximum Gasteiger partial charge on any atom is 0.307 e. The lowest BCUT2D eigenvalue weighted by Gasteiger charge is -2.22. The van der Waals surface area contributed by atoms with Gasteiger partial charge in [0.05, 0.1) is 13.0 Å². The molecule has 1 amide bonds. The summed E-state index contributed by atoms with van der Waals surface area (Å²) in [6.07, 6.45) is 0.557. The number of carbonyl (C=O) groups excluding carboxylic acids is 2. The Hall–Kier alpha value is -1.79. The monoisotopic (exact) mass is 343 g/mol. The van der Waals surface area contributed by atoms with E-state index in [1.807, 2.05) is 0 Å². The molecule has 1 aromatic rings. The summed E-state index contributed by atoms with van der Waals surface area (Å²) in [6, 6.07) is 6.69. The van der Waals surface area contributed by atoms with Crippen molar-refractivity contribution < 1.29 is 24.2 Å². The van der Waals surface area contributed by atoms with E-state index in [-0.39, 0.29) is 38.1 Å². The summed E-state index contributed by atoms with van der Waals surface area (Å²) in [6.45, 7) is 2.47. The molecule has 0 aliphatic carbocycles. The van der Waals surface area contributed by atoms with Gasteiger partial charge in [-0.05, 0) is 37.6 Å². The van der Waals surface area contributed by atoms with E-state index >= 15 is 0 Å². The van der Waals surface area contributed by atoms with Crippen LogP contribution in [0.2, 0.25) is 5.02 Å². The van der Waals surface area contributed by atoms with Crippen molar-refractivity contribution in [2.45, 2.75) is 19.8 Å². The van der Waals surface area contributed by atoms with Crippen molar-refractivity contribution in [3.63, 3.8) is 0 Å². The van der Waals surface area contributed by atoms with E-state index in [0.717, 1.165) is 0 Å². The minimum Gasteiger partial charge on any atom is -0.484 e. The lowest BCUT2D eigenvalue weighted by atomic mass is 10.3. The van der Waals surface area contributed by atoms with Crippen LogP contribution in [0.25, 0.3) is 0 Å². The number of rotatable bonds is 10. The third-order valence-corrected chi connectivity index (χ3v) is 3.26. The number of halogens is 1. The van der Waals surface area contributed by atoms with Gasteiger partial charge in [0.25, 0.3) is 5.91 Å². The molecule has 0 aliphatic heterocycles. The molecule has 0 heterocycles. The molecule has 1 rings (SSSR count). The molecule has 0 bridgehead atoms. The van der Waals surface area contributed by atoms with E-state index in [4.69, 9.17) is 26.2 Å². The zero-order chi connectivity index (χ0) is 17.1. The van der Waals surface area contributed by atoms with Crippen molar-refractivity contribution in [1.29, 1.82) is 0 Å². The van der Waals surface area contributed by atoms with Crippen LogP contribution in [0.15, 0.2) is 24.3 Å². The fourth-order valence-corrected chi connectivity index (χ4v) is 1.98. The lowest BCUT2D eigenvalue weighted by molar-refractivity contribution is -0.144. The molecule has 1 N–H and O–H groups in total. The first-order valence-electron chi connectivity index (χ1n) is 7.49. The molecule has 0 saturated carbocycles. The van der Waals surface area contributed by atoms with Gasteiger partial charge in [0.2, 0.25) is 0 Å². The maximum atomic E-state index is 12.2. The predicted molar refractivity (Wildman–Crippen MR) is 86.5 cm³/mol. The molecule has 1 aromatic carbocycles. The number of amides is 1. The smallest absolute Gasteiger partial charge is 0.307 e. The summed E-state index contributed by atoms with van der Waals surface area (Å²) in [7, 11) is 0. The highest BCUT2D eigenvalue weighted by molar-refractivity contribution is 6.30. The highest BCUT2D eigenvalue weighted by atomic mass is 35.5. The molecule has 128 valence electrons. The Labute approximate surface area is 140 Å². The Morgan fingerprint density at radius 2 is 1.91 bits per heavy atom. The second-order valence-electron chi connectivity index (χ2n) is 4.76. The average molecular weight is 344 g/mol. The molecule has 0 atom stereocenters. The third kappa shape index (κ3) is 7.85. The Morgan fingerprint density at radius 1 is 1.22 bits per heavy atom. The van der Waals surface area contributed by atoms with Crippen LogP contribution in [-0.4, -0.2) is 54.8 Å². The maximum absolute atomic E-state index is 12.2. The second-order valence-corrected chi connectivity index (χ2v) is 5.19. The molecule has 6 nitrogen and oxygen atoms in total. The van der Waals surface area contributed by atoms with Crippen molar-refractivity contribution in [3.8, 4) is 5.75 Å². The minimum atomic E-state index is -0.354. The zero-order valence-corrected chi connectivity index (χ0v) is 13.9. The molecule has 0 aliphatic rings. The van der Waals surface area contributed by atoms with Crippen molar-refractivity contribution in [3.05, 3.63) is 29.3 Å². The number of aliphatic hydroxyl groups is 1. The Bertz CT molecular complexity index is 492. The molecule has 0 radical (unpaired) electrons. The topological polar surface area (TPSA) is 76.1 Å². The van der Waals surface area contributed by atoms with Gasteiger partial charge in [0, 0.05) is 24.7 Å². The summed E-state index contributed by atoms with van der Waals surface area (Å²) in [5.41, 5.74) is 0. The normalized spacial score (nSPS) is 10.2. The van der Waals surface area contributed by atoms with Crippen molar-refractivity contribution in [1.82, 2.24) is 4.90 Å². The fraction of sp³-hybridized carbons (Fsp3) is 0.500. The van der Waals surface area contributed by atoms with Gasteiger partial charge in [0.15, 0.2) is 6.61 Å². The van der Waals surface area contributed by atoms with Crippen molar-refractivity contribution in [2.24, 2.45) is 0 Å². The molecule has 7 heteroatoms. The highest BCUT2D eigenvalue weighted by Crippen LogP contribution is 2.15. The SMILES string of the molecule is CCOC(=O)CCN(CCCO)C(=O)COc1ccc(Cl)cc1. The van der Waals surface area contributed by atoms with Gasteiger partial charge in [0.1, 0.15) is 5.75 Å². The quantitative estimate of drug-likeness (QED) is 0.656. The lowest BCUT2D eigenvalue weighted by Crippen LogP contribution is -2.37. The number of nitrogens with zero attached hydrogens (tertiary/aromatic N) is 1. The molecule has 23 heavy (non-hydrogen) atoms. The number of aliphatic hydroxyl groups excluding tert-OH is 1. The summed E-state index contributed by atoms with van der Waals surface area (Å²) >= 11 is 5.78. The van der Waals surface area contributed by atoms with Gasteiger partial charge in [-0.25, -0.2) is 0 Å². The zero-order valence-electron chi connectivity index (χ0n) is 13.2. The molecular formula is C16H22ClNO5. The van der Waals surface area contributed by atoms with E-state index < -0.39 is 0 Å². The standard InChI is InChI=1S/C16H22ClNO5/c1-2-22-16(21)8-10-18(9-3-11-19)15(20)12-23-14-6-4-13(17)5-7-14/h4-7,19H,2-3,8-12H2,1H3. The third-order valence-electron chi connectivity index (χ3n) is 3.01. The molecule has 0 fully saturated rings. The first-order chi connectivity index (χ1) is 11.1. The van der Waals surface area contributed by atoms with E-state index in [0.29, 0.717) is 30.3 Å². The Kier molecular flexibility index (Phi) is 9.09. The number of hydrogen-bond donors (Lipinski definition) is 1. The summed E-state index contributed by atoms with van der Waals surface area (Å²) in [5.74, 6) is -0.0686. The summed E-state index contributed by atoms with van der Waals surface area (Å²) in [4.78, 5) is 25.1. The highest BCUT2D eigenvalue weighted by Gasteiger charge is 2.16. The molecular weight excluding hydrogens is 322 g/mol. The van der Waals surface area contributed by atoms with Gasteiger partial charge in [-0.3, -0.25) is 9.59 Å². The van der Waals surface area contributed by atoms with Crippen LogP contribution in [0.5, 0.6) is 5.75 Å². The number of benzene rings is 1.